The summed E-state index contributed by atoms with van der Waals surface area (Å²) in [5, 5.41) is -1.25. The highest BCUT2D eigenvalue weighted by Crippen LogP contribution is 2.55. The van der Waals surface area contributed by atoms with Gasteiger partial charge in [-0.3, -0.25) is 0 Å². The van der Waals surface area contributed by atoms with E-state index in [0.29, 0.717) is 17.7 Å². The van der Waals surface area contributed by atoms with Crippen molar-refractivity contribution < 1.29 is 39.5 Å². The predicted octanol–water partition coefficient (Wildman–Crippen LogP) is 7.98. The largest absolute Gasteiger partial charge is 0.460 e. The van der Waals surface area contributed by atoms with Crippen LogP contribution in [0.1, 0.15) is 45.4 Å². The molecule has 1 atom stereocenters. The fourth-order valence-corrected chi connectivity index (χ4v) is 3.79. The lowest BCUT2D eigenvalue weighted by molar-refractivity contribution is -0.396. The topological polar surface area (TPSA) is 0 Å². The number of rotatable bonds is 11. The predicted molar refractivity (Wildman–Crippen MR) is 90.4 cm³/mol. The second kappa shape index (κ2) is 9.63. The summed E-state index contributed by atoms with van der Waals surface area (Å²) >= 11 is 0.768. The Morgan fingerprint density at radius 3 is 1.86 bits per heavy atom. The van der Waals surface area contributed by atoms with Gasteiger partial charge in [-0.15, -0.1) is 11.8 Å². The molecule has 10 heteroatoms. The number of alkyl halides is 9. The van der Waals surface area contributed by atoms with Gasteiger partial charge in [0, 0.05) is 16.6 Å². The first-order valence-electron chi connectivity index (χ1n) is 8.68. The van der Waals surface area contributed by atoms with Crippen LogP contribution in [-0.4, -0.2) is 29.2 Å². The Morgan fingerprint density at radius 1 is 0.786 bits per heavy atom. The standard InChI is InChI=1S/C18H21F9S/c1-2-3-4-6-11-14(28-13-9-7-5-8-10-13)12-15(19,20)16(21,22)17(23,24)18(25,26)27/h5,7-10,14H,2-4,6,11-12H2,1H3. The van der Waals surface area contributed by atoms with E-state index in [4.69, 9.17) is 0 Å². The summed E-state index contributed by atoms with van der Waals surface area (Å²) in [6.45, 7) is 1.89. The first kappa shape index (κ1) is 25.0. The molecular weight excluding hydrogens is 419 g/mol. The number of benzene rings is 1. The Labute approximate surface area is 161 Å². The summed E-state index contributed by atoms with van der Waals surface area (Å²) < 4.78 is 118. The number of thioether (sulfide) groups is 1. The van der Waals surface area contributed by atoms with Crippen LogP contribution in [0.2, 0.25) is 0 Å². The second-order valence-electron chi connectivity index (χ2n) is 6.46. The van der Waals surface area contributed by atoms with Gasteiger partial charge < -0.3 is 0 Å². The normalized spacial score (nSPS) is 14.9. The minimum Gasteiger partial charge on any atom is -0.200 e. The molecular formula is C18H21F9S. The van der Waals surface area contributed by atoms with Crippen molar-refractivity contribution in [2.45, 2.75) is 79.5 Å². The van der Waals surface area contributed by atoms with E-state index in [-0.39, 0.29) is 6.42 Å². The minimum absolute atomic E-state index is 0.0111. The van der Waals surface area contributed by atoms with Crippen LogP contribution in [0.3, 0.4) is 0 Å². The number of halogens is 9. The molecule has 0 aliphatic carbocycles. The summed E-state index contributed by atoms with van der Waals surface area (Å²) in [4.78, 5) is 0.435. The maximum Gasteiger partial charge on any atom is 0.460 e. The lowest BCUT2D eigenvalue weighted by Crippen LogP contribution is -2.61. The van der Waals surface area contributed by atoms with Crippen molar-refractivity contribution in [1.82, 2.24) is 0 Å². The van der Waals surface area contributed by atoms with Gasteiger partial charge in [0.05, 0.1) is 0 Å². The highest BCUT2D eigenvalue weighted by Gasteiger charge is 2.81. The van der Waals surface area contributed by atoms with Crippen molar-refractivity contribution in [1.29, 1.82) is 0 Å². The third-order valence-electron chi connectivity index (χ3n) is 4.12. The van der Waals surface area contributed by atoms with E-state index in [9.17, 15) is 39.5 Å². The molecule has 0 spiro atoms. The zero-order valence-electron chi connectivity index (χ0n) is 15.0. The molecule has 0 heterocycles. The van der Waals surface area contributed by atoms with Gasteiger partial charge >= 0.3 is 23.9 Å². The summed E-state index contributed by atoms with van der Waals surface area (Å²) in [6.07, 6.45) is -6.02. The van der Waals surface area contributed by atoms with Crippen molar-refractivity contribution in [2.24, 2.45) is 0 Å². The van der Waals surface area contributed by atoms with Crippen LogP contribution in [0, 0.1) is 0 Å². The minimum atomic E-state index is -6.84. The Kier molecular flexibility index (Phi) is 8.59. The maximum absolute atomic E-state index is 14.0. The van der Waals surface area contributed by atoms with E-state index >= 15 is 0 Å². The molecule has 0 bridgehead atoms. The molecule has 0 fully saturated rings. The smallest absolute Gasteiger partial charge is 0.200 e. The van der Waals surface area contributed by atoms with Gasteiger partial charge in [-0.2, -0.15) is 39.5 Å². The Hall–Kier alpha value is -1.06. The highest BCUT2D eigenvalue weighted by molar-refractivity contribution is 8.00. The molecule has 0 nitrogen and oxygen atoms in total. The van der Waals surface area contributed by atoms with Crippen molar-refractivity contribution in [3.63, 3.8) is 0 Å². The maximum atomic E-state index is 14.0. The summed E-state index contributed by atoms with van der Waals surface area (Å²) in [6, 6.07) is 7.81. The third-order valence-corrected chi connectivity index (χ3v) is 5.40. The molecule has 0 aromatic heterocycles. The van der Waals surface area contributed by atoms with E-state index in [2.05, 4.69) is 0 Å². The van der Waals surface area contributed by atoms with Crippen LogP contribution < -0.4 is 0 Å². The summed E-state index contributed by atoms with van der Waals surface area (Å²) in [5.41, 5.74) is 0. The molecule has 1 rings (SSSR count). The molecule has 162 valence electrons. The first-order chi connectivity index (χ1) is 12.8. The molecule has 0 amide bonds. The van der Waals surface area contributed by atoms with Crippen LogP contribution in [0.25, 0.3) is 0 Å². The Bertz CT molecular complexity index is 584. The molecule has 0 saturated heterocycles. The van der Waals surface area contributed by atoms with Crippen molar-refractivity contribution in [3.8, 4) is 0 Å². The molecule has 1 aromatic carbocycles. The van der Waals surface area contributed by atoms with Crippen LogP contribution in [-0.2, 0) is 0 Å². The van der Waals surface area contributed by atoms with Gasteiger partial charge in [0.15, 0.2) is 0 Å². The van der Waals surface area contributed by atoms with Crippen molar-refractivity contribution in [2.75, 3.05) is 0 Å². The van der Waals surface area contributed by atoms with Crippen LogP contribution in [0.4, 0.5) is 39.5 Å². The molecule has 28 heavy (non-hydrogen) atoms. The Balaban J connectivity index is 3.02. The highest BCUT2D eigenvalue weighted by atomic mass is 32.2. The van der Waals surface area contributed by atoms with Gasteiger partial charge in [-0.05, 0) is 18.6 Å². The molecule has 0 radical (unpaired) electrons. The molecule has 1 unspecified atom stereocenters. The zero-order valence-corrected chi connectivity index (χ0v) is 15.8. The molecule has 0 N–H and O–H groups in total. The van der Waals surface area contributed by atoms with Crippen molar-refractivity contribution in [3.05, 3.63) is 30.3 Å². The fraction of sp³-hybridized carbons (Fsp3) is 0.667. The first-order valence-corrected chi connectivity index (χ1v) is 9.56. The van der Waals surface area contributed by atoms with Crippen LogP contribution in [0.5, 0.6) is 0 Å². The van der Waals surface area contributed by atoms with E-state index in [1.165, 1.54) is 12.1 Å². The number of hydrogen-bond acceptors (Lipinski definition) is 1. The molecule has 0 saturated carbocycles. The quantitative estimate of drug-likeness (QED) is 0.191. The average molecular weight is 440 g/mol. The fourth-order valence-electron chi connectivity index (χ4n) is 2.51. The van der Waals surface area contributed by atoms with Gasteiger partial charge in [0.25, 0.3) is 0 Å². The Morgan fingerprint density at radius 2 is 1.36 bits per heavy atom. The van der Waals surface area contributed by atoms with Gasteiger partial charge in [-0.1, -0.05) is 50.8 Å². The van der Waals surface area contributed by atoms with E-state index in [1.54, 1.807) is 18.2 Å². The van der Waals surface area contributed by atoms with E-state index < -0.39 is 35.6 Å². The SMILES string of the molecule is CCCCCCC(CC(F)(F)C(F)(F)C(F)(F)C(F)(F)F)Sc1ccccc1. The lowest BCUT2D eigenvalue weighted by atomic mass is 9.97. The third kappa shape index (κ3) is 5.97. The van der Waals surface area contributed by atoms with Gasteiger partial charge in [0.2, 0.25) is 0 Å². The van der Waals surface area contributed by atoms with E-state index in [0.717, 1.165) is 24.6 Å². The molecule has 0 aliphatic rings. The lowest BCUT2D eigenvalue weighted by Gasteiger charge is -2.35. The van der Waals surface area contributed by atoms with Crippen LogP contribution >= 0.6 is 11.8 Å². The number of hydrogen-bond donors (Lipinski definition) is 0. The van der Waals surface area contributed by atoms with E-state index in [1.807, 2.05) is 6.92 Å². The monoisotopic (exact) mass is 440 g/mol. The van der Waals surface area contributed by atoms with Gasteiger partial charge in [-0.25, -0.2) is 0 Å². The molecule has 0 aliphatic heterocycles. The van der Waals surface area contributed by atoms with Crippen molar-refractivity contribution >= 4 is 11.8 Å². The molecule has 1 aromatic rings. The zero-order chi connectivity index (χ0) is 21.6. The van der Waals surface area contributed by atoms with Gasteiger partial charge in [0.1, 0.15) is 0 Å². The summed E-state index contributed by atoms with van der Waals surface area (Å²) in [7, 11) is 0. The second-order valence-corrected chi connectivity index (χ2v) is 7.83. The van der Waals surface area contributed by atoms with Crippen LogP contribution in [0.15, 0.2) is 35.2 Å². The number of unbranched alkanes of at least 4 members (excludes halogenated alkanes) is 3. The average Bonchev–Trinajstić information content (AvgIpc) is 2.58. The summed E-state index contributed by atoms with van der Waals surface area (Å²) in [5.74, 6) is -18.9.